The lowest BCUT2D eigenvalue weighted by molar-refractivity contribution is 1.16. The summed E-state index contributed by atoms with van der Waals surface area (Å²) in [4.78, 5) is 9.32. The van der Waals surface area contributed by atoms with Crippen LogP contribution in [0.4, 0.5) is 0 Å². The van der Waals surface area contributed by atoms with Gasteiger partial charge in [0, 0.05) is 11.1 Å². The standard InChI is InChI=1S/C17H16N2/c1-11-8-13(3)18-16(9-11)17-10-12(2)14-6-4-5-7-15(14)19-17/h4-10H,1-3H3. The quantitative estimate of drug-likeness (QED) is 0.644. The van der Waals surface area contributed by atoms with Gasteiger partial charge in [0.05, 0.1) is 16.9 Å². The number of pyridine rings is 2. The van der Waals surface area contributed by atoms with Crippen molar-refractivity contribution in [3.63, 3.8) is 0 Å². The average molecular weight is 248 g/mol. The topological polar surface area (TPSA) is 25.8 Å². The van der Waals surface area contributed by atoms with Gasteiger partial charge in [0.25, 0.3) is 0 Å². The number of aromatic nitrogens is 2. The van der Waals surface area contributed by atoms with Crippen molar-refractivity contribution in [1.82, 2.24) is 9.97 Å². The van der Waals surface area contributed by atoms with Gasteiger partial charge < -0.3 is 0 Å². The first kappa shape index (κ1) is 11.8. The van der Waals surface area contributed by atoms with Crippen LogP contribution in [0.15, 0.2) is 42.5 Å². The number of hydrogen-bond acceptors (Lipinski definition) is 2. The summed E-state index contributed by atoms with van der Waals surface area (Å²) in [6, 6.07) is 14.5. The highest BCUT2D eigenvalue weighted by atomic mass is 14.8. The first-order chi connectivity index (χ1) is 9.13. The Morgan fingerprint density at radius 3 is 2.32 bits per heavy atom. The fourth-order valence-electron chi connectivity index (χ4n) is 2.45. The predicted octanol–water partition coefficient (Wildman–Crippen LogP) is 4.22. The summed E-state index contributed by atoms with van der Waals surface area (Å²) in [7, 11) is 0. The van der Waals surface area contributed by atoms with Gasteiger partial charge in [-0.1, -0.05) is 18.2 Å². The number of para-hydroxylation sites is 1. The molecule has 2 nitrogen and oxygen atoms in total. The van der Waals surface area contributed by atoms with Gasteiger partial charge in [-0.25, -0.2) is 4.98 Å². The van der Waals surface area contributed by atoms with Gasteiger partial charge in [-0.05, 0) is 56.2 Å². The molecule has 0 N–H and O–H groups in total. The van der Waals surface area contributed by atoms with Crippen molar-refractivity contribution in [2.24, 2.45) is 0 Å². The van der Waals surface area contributed by atoms with Crippen LogP contribution in [0.5, 0.6) is 0 Å². The Hall–Kier alpha value is -2.22. The molecule has 0 aliphatic rings. The van der Waals surface area contributed by atoms with E-state index in [0.717, 1.165) is 22.6 Å². The van der Waals surface area contributed by atoms with Gasteiger partial charge in [-0.15, -0.1) is 0 Å². The van der Waals surface area contributed by atoms with Gasteiger partial charge >= 0.3 is 0 Å². The maximum absolute atomic E-state index is 4.73. The second kappa shape index (κ2) is 4.47. The van der Waals surface area contributed by atoms with Crippen molar-refractivity contribution in [3.8, 4) is 11.4 Å². The monoisotopic (exact) mass is 248 g/mol. The highest BCUT2D eigenvalue weighted by Gasteiger charge is 2.06. The number of benzene rings is 1. The van der Waals surface area contributed by atoms with Gasteiger partial charge in [0.1, 0.15) is 0 Å². The van der Waals surface area contributed by atoms with Crippen LogP contribution in [0.2, 0.25) is 0 Å². The number of fused-ring (bicyclic) bond motifs is 1. The van der Waals surface area contributed by atoms with Crippen LogP contribution in [-0.2, 0) is 0 Å². The fraction of sp³-hybridized carbons (Fsp3) is 0.176. The maximum atomic E-state index is 4.73. The van der Waals surface area contributed by atoms with Crippen LogP contribution < -0.4 is 0 Å². The van der Waals surface area contributed by atoms with E-state index in [1.54, 1.807) is 0 Å². The van der Waals surface area contributed by atoms with E-state index >= 15 is 0 Å². The highest BCUT2D eigenvalue weighted by Crippen LogP contribution is 2.23. The van der Waals surface area contributed by atoms with Crippen LogP contribution in [0.1, 0.15) is 16.8 Å². The van der Waals surface area contributed by atoms with Crippen molar-refractivity contribution < 1.29 is 0 Å². The first-order valence-corrected chi connectivity index (χ1v) is 6.45. The summed E-state index contributed by atoms with van der Waals surface area (Å²) >= 11 is 0. The molecule has 3 rings (SSSR count). The molecule has 0 saturated heterocycles. The molecule has 2 aromatic heterocycles. The van der Waals surface area contributed by atoms with Crippen LogP contribution in [0, 0.1) is 20.8 Å². The minimum Gasteiger partial charge on any atom is -0.251 e. The molecule has 0 saturated carbocycles. The molecule has 2 heterocycles. The van der Waals surface area contributed by atoms with E-state index in [2.05, 4.69) is 49.2 Å². The number of hydrogen-bond donors (Lipinski definition) is 0. The molecular formula is C17H16N2. The number of nitrogens with zero attached hydrogens (tertiary/aromatic N) is 2. The predicted molar refractivity (Wildman–Crippen MR) is 79.2 cm³/mol. The molecule has 0 aliphatic heterocycles. The van der Waals surface area contributed by atoms with Crippen molar-refractivity contribution in [2.75, 3.05) is 0 Å². The molecule has 19 heavy (non-hydrogen) atoms. The molecule has 0 radical (unpaired) electrons. The lowest BCUT2D eigenvalue weighted by Gasteiger charge is -2.07. The molecule has 0 spiro atoms. The average Bonchev–Trinajstić information content (AvgIpc) is 2.37. The zero-order valence-corrected chi connectivity index (χ0v) is 11.4. The largest absolute Gasteiger partial charge is 0.251 e. The van der Waals surface area contributed by atoms with E-state index in [4.69, 9.17) is 4.98 Å². The molecule has 1 aromatic carbocycles. The molecule has 0 bridgehead atoms. The van der Waals surface area contributed by atoms with E-state index in [9.17, 15) is 0 Å². The van der Waals surface area contributed by atoms with Crippen LogP contribution in [0.3, 0.4) is 0 Å². The van der Waals surface area contributed by atoms with E-state index in [0.29, 0.717) is 0 Å². The first-order valence-electron chi connectivity index (χ1n) is 6.45. The Bertz CT molecular complexity index is 740. The molecule has 0 atom stereocenters. The summed E-state index contributed by atoms with van der Waals surface area (Å²) in [6.07, 6.45) is 0. The van der Waals surface area contributed by atoms with Gasteiger partial charge in [-0.3, -0.25) is 4.98 Å². The Labute approximate surface area is 113 Å². The Kier molecular flexibility index (Phi) is 2.79. The molecule has 2 heteroatoms. The normalized spacial score (nSPS) is 10.9. The number of aryl methyl sites for hydroxylation is 3. The van der Waals surface area contributed by atoms with Crippen LogP contribution in [-0.4, -0.2) is 9.97 Å². The SMILES string of the molecule is Cc1cc(C)nc(-c2cc(C)c3ccccc3n2)c1. The maximum Gasteiger partial charge on any atom is 0.0896 e. The van der Waals surface area contributed by atoms with Crippen molar-refractivity contribution in [1.29, 1.82) is 0 Å². The van der Waals surface area contributed by atoms with E-state index in [-0.39, 0.29) is 0 Å². The summed E-state index contributed by atoms with van der Waals surface area (Å²) in [5.41, 5.74) is 6.41. The van der Waals surface area contributed by atoms with Gasteiger partial charge in [0.2, 0.25) is 0 Å². The smallest absolute Gasteiger partial charge is 0.0896 e. The lowest BCUT2D eigenvalue weighted by atomic mass is 10.1. The Balaban J connectivity index is 2.25. The molecule has 0 aliphatic carbocycles. The van der Waals surface area contributed by atoms with Crippen LogP contribution in [0.25, 0.3) is 22.3 Å². The second-order valence-corrected chi connectivity index (χ2v) is 5.01. The fourth-order valence-corrected chi connectivity index (χ4v) is 2.45. The summed E-state index contributed by atoms with van der Waals surface area (Å²) < 4.78 is 0. The summed E-state index contributed by atoms with van der Waals surface area (Å²) in [5, 5.41) is 1.20. The third-order valence-corrected chi connectivity index (χ3v) is 3.28. The molecule has 0 unspecified atom stereocenters. The second-order valence-electron chi connectivity index (χ2n) is 5.01. The third-order valence-electron chi connectivity index (χ3n) is 3.28. The Morgan fingerprint density at radius 1 is 0.789 bits per heavy atom. The minimum absolute atomic E-state index is 0.947. The zero-order chi connectivity index (χ0) is 13.4. The van der Waals surface area contributed by atoms with Crippen molar-refractivity contribution in [3.05, 3.63) is 59.3 Å². The van der Waals surface area contributed by atoms with Crippen LogP contribution >= 0.6 is 0 Å². The highest BCUT2D eigenvalue weighted by molar-refractivity contribution is 5.84. The minimum atomic E-state index is 0.947. The van der Waals surface area contributed by atoms with E-state index in [1.165, 1.54) is 16.5 Å². The zero-order valence-electron chi connectivity index (χ0n) is 11.4. The van der Waals surface area contributed by atoms with E-state index in [1.807, 2.05) is 19.1 Å². The molecule has 0 fully saturated rings. The Morgan fingerprint density at radius 2 is 1.53 bits per heavy atom. The molecule has 3 aromatic rings. The van der Waals surface area contributed by atoms with Gasteiger partial charge in [-0.2, -0.15) is 0 Å². The van der Waals surface area contributed by atoms with Gasteiger partial charge in [0.15, 0.2) is 0 Å². The number of rotatable bonds is 1. The van der Waals surface area contributed by atoms with Crippen molar-refractivity contribution in [2.45, 2.75) is 20.8 Å². The summed E-state index contributed by atoms with van der Waals surface area (Å²) in [6.45, 7) is 6.23. The molecule has 0 amide bonds. The summed E-state index contributed by atoms with van der Waals surface area (Å²) in [5.74, 6) is 0. The van der Waals surface area contributed by atoms with E-state index < -0.39 is 0 Å². The molecule has 94 valence electrons. The van der Waals surface area contributed by atoms with Crippen molar-refractivity contribution >= 4 is 10.9 Å². The molecular weight excluding hydrogens is 232 g/mol. The third kappa shape index (κ3) is 2.22. The lowest BCUT2D eigenvalue weighted by Crippen LogP contribution is -1.93.